The molecule has 0 aromatic heterocycles. The van der Waals surface area contributed by atoms with Crippen LogP contribution in [0.25, 0.3) is 0 Å². The highest BCUT2D eigenvalue weighted by Gasteiger charge is 2.21. The van der Waals surface area contributed by atoms with Crippen LogP contribution >= 0.6 is 0 Å². The molecular weight excluding hydrogens is 208 g/mol. The van der Waals surface area contributed by atoms with E-state index in [1.165, 1.54) is 18.2 Å². The van der Waals surface area contributed by atoms with Crippen molar-refractivity contribution in [3.8, 4) is 0 Å². The van der Waals surface area contributed by atoms with Crippen molar-refractivity contribution >= 4 is 0 Å². The second-order valence-corrected chi connectivity index (χ2v) is 4.65. The van der Waals surface area contributed by atoms with Gasteiger partial charge in [0.15, 0.2) is 0 Å². The highest BCUT2D eigenvalue weighted by Crippen LogP contribution is 2.23. The number of hydrogen-bond donors (Lipinski definition) is 1. The summed E-state index contributed by atoms with van der Waals surface area (Å²) in [5.41, 5.74) is 0.251. The lowest BCUT2D eigenvalue weighted by atomic mass is 9.87. The molecule has 1 N–H and O–H groups in total. The minimum absolute atomic E-state index is 0.251. The number of halogens is 2. The minimum atomic E-state index is -0.411. The second kappa shape index (κ2) is 4.91. The van der Waals surface area contributed by atoms with Gasteiger partial charge < -0.3 is 5.32 Å². The summed E-state index contributed by atoms with van der Waals surface area (Å²) in [4.78, 5) is 0. The van der Waals surface area contributed by atoms with Crippen LogP contribution in [0.2, 0.25) is 0 Å². The number of rotatable bonds is 2. The molecule has 1 aliphatic rings. The van der Waals surface area contributed by atoms with E-state index in [2.05, 4.69) is 12.2 Å². The van der Waals surface area contributed by atoms with Crippen molar-refractivity contribution in [3.63, 3.8) is 0 Å². The highest BCUT2D eigenvalue weighted by atomic mass is 19.1. The van der Waals surface area contributed by atoms with Crippen molar-refractivity contribution in [1.29, 1.82) is 0 Å². The SMILES string of the molecule is CC1CC(Cc2c(F)cccc2F)CCN1. The number of hydrogen-bond acceptors (Lipinski definition) is 1. The molecule has 1 heterocycles. The summed E-state index contributed by atoms with van der Waals surface area (Å²) >= 11 is 0. The van der Waals surface area contributed by atoms with E-state index in [0.717, 1.165) is 19.4 Å². The summed E-state index contributed by atoms with van der Waals surface area (Å²) in [6.45, 7) is 3.06. The predicted molar refractivity (Wildman–Crippen MR) is 60.3 cm³/mol. The maximum atomic E-state index is 13.4. The van der Waals surface area contributed by atoms with Gasteiger partial charge in [0.1, 0.15) is 11.6 Å². The Bertz CT molecular complexity index is 345. The van der Waals surface area contributed by atoms with Crippen molar-refractivity contribution in [2.45, 2.75) is 32.2 Å². The number of benzene rings is 1. The molecule has 2 atom stereocenters. The zero-order chi connectivity index (χ0) is 11.5. The van der Waals surface area contributed by atoms with Gasteiger partial charge in [-0.25, -0.2) is 8.78 Å². The molecule has 1 nitrogen and oxygen atoms in total. The standard InChI is InChI=1S/C13H17F2N/c1-9-7-10(5-6-16-9)8-11-12(14)3-2-4-13(11)15/h2-4,9-10,16H,5-8H2,1H3. The molecule has 1 aromatic carbocycles. The lowest BCUT2D eigenvalue weighted by Gasteiger charge is -2.28. The Labute approximate surface area is 94.9 Å². The lowest BCUT2D eigenvalue weighted by molar-refractivity contribution is 0.308. The van der Waals surface area contributed by atoms with E-state index in [-0.39, 0.29) is 5.56 Å². The summed E-state index contributed by atoms with van der Waals surface area (Å²) in [5, 5.41) is 3.34. The van der Waals surface area contributed by atoms with E-state index >= 15 is 0 Å². The summed E-state index contributed by atoms with van der Waals surface area (Å²) in [6, 6.07) is 4.54. The number of nitrogens with one attached hydrogen (secondary N) is 1. The van der Waals surface area contributed by atoms with Crippen LogP contribution in [0.4, 0.5) is 8.78 Å². The van der Waals surface area contributed by atoms with Gasteiger partial charge in [0.25, 0.3) is 0 Å². The van der Waals surface area contributed by atoms with Crippen LogP contribution in [0, 0.1) is 17.6 Å². The van der Waals surface area contributed by atoms with E-state index < -0.39 is 11.6 Å². The van der Waals surface area contributed by atoms with Crippen LogP contribution in [-0.4, -0.2) is 12.6 Å². The largest absolute Gasteiger partial charge is 0.314 e. The Morgan fingerprint density at radius 1 is 1.31 bits per heavy atom. The normalized spacial score (nSPS) is 25.7. The minimum Gasteiger partial charge on any atom is -0.314 e. The van der Waals surface area contributed by atoms with Gasteiger partial charge in [-0.05, 0) is 50.8 Å². The van der Waals surface area contributed by atoms with Gasteiger partial charge in [0.2, 0.25) is 0 Å². The highest BCUT2D eigenvalue weighted by molar-refractivity contribution is 5.20. The molecule has 0 bridgehead atoms. The van der Waals surface area contributed by atoms with E-state index in [9.17, 15) is 8.78 Å². The van der Waals surface area contributed by atoms with Gasteiger partial charge in [-0.3, -0.25) is 0 Å². The fourth-order valence-electron chi connectivity index (χ4n) is 2.44. The van der Waals surface area contributed by atoms with Crippen molar-refractivity contribution in [1.82, 2.24) is 5.32 Å². The predicted octanol–water partition coefficient (Wildman–Crippen LogP) is 2.90. The van der Waals surface area contributed by atoms with Gasteiger partial charge in [-0.2, -0.15) is 0 Å². The van der Waals surface area contributed by atoms with Gasteiger partial charge >= 0.3 is 0 Å². The molecule has 0 amide bonds. The van der Waals surface area contributed by atoms with Gasteiger partial charge in [0.05, 0.1) is 0 Å². The van der Waals surface area contributed by atoms with Crippen molar-refractivity contribution in [2.24, 2.45) is 5.92 Å². The zero-order valence-electron chi connectivity index (χ0n) is 9.47. The van der Waals surface area contributed by atoms with Crippen molar-refractivity contribution in [2.75, 3.05) is 6.54 Å². The summed E-state index contributed by atoms with van der Waals surface area (Å²) < 4.78 is 26.9. The average Bonchev–Trinajstić information content (AvgIpc) is 2.24. The maximum Gasteiger partial charge on any atom is 0.129 e. The molecule has 0 radical (unpaired) electrons. The van der Waals surface area contributed by atoms with Crippen molar-refractivity contribution in [3.05, 3.63) is 35.4 Å². The lowest BCUT2D eigenvalue weighted by Crippen LogP contribution is -2.36. The first-order valence-electron chi connectivity index (χ1n) is 5.83. The van der Waals surface area contributed by atoms with Gasteiger partial charge in [-0.1, -0.05) is 6.07 Å². The first-order chi connectivity index (χ1) is 7.66. The fourth-order valence-corrected chi connectivity index (χ4v) is 2.44. The van der Waals surface area contributed by atoms with Crippen LogP contribution < -0.4 is 5.32 Å². The molecule has 0 aliphatic carbocycles. The van der Waals surface area contributed by atoms with Gasteiger partial charge in [0, 0.05) is 11.6 Å². The van der Waals surface area contributed by atoms with Crippen LogP contribution in [0.1, 0.15) is 25.3 Å². The Morgan fingerprint density at radius 3 is 2.62 bits per heavy atom. The van der Waals surface area contributed by atoms with Crippen LogP contribution in [0.15, 0.2) is 18.2 Å². The Balaban J connectivity index is 2.08. The molecular formula is C13H17F2N. The van der Waals surface area contributed by atoms with E-state index in [1.807, 2.05) is 0 Å². The third-order valence-corrected chi connectivity index (χ3v) is 3.29. The van der Waals surface area contributed by atoms with Crippen LogP contribution in [0.5, 0.6) is 0 Å². The van der Waals surface area contributed by atoms with E-state index in [4.69, 9.17) is 0 Å². The monoisotopic (exact) mass is 225 g/mol. The third kappa shape index (κ3) is 2.59. The molecule has 3 heteroatoms. The number of piperidine rings is 1. The zero-order valence-corrected chi connectivity index (χ0v) is 9.47. The Morgan fingerprint density at radius 2 is 2.00 bits per heavy atom. The van der Waals surface area contributed by atoms with E-state index in [1.54, 1.807) is 0 Å². The Hall–Kier alpha value is -0.960. The fraction of sp³-hybridized carbons (Fsp3) is 0.538. The smallest absolute Gasteiger partial charge is 0.129 e. The molecule has 1 fully saturated rings. The molecule has 1 saturated heterocycles. The average molecular weight is 225 g/mol. The molecule has 0 spiro atoms. The summed E-state index contributed by atoms with van der Waals surface area (Å²) in [5.74, 6) is -0.431. The quantitative estimate of drug-likeness (QED) is 0.816. The summed E-state index contributed by atoms with van der Waals surface area (Å²) in [6.07, 6.45) is 2.51. The van der Waals surface area contributed by atoms with E-state index in [0.29, 0.717) is 18.4 Å². The second-order valence-electron chi connectivity index (χ2n) is 4.65. The molecule has 1 aromatic rings. The molecule has 1 aliphatic heterocycles. The first kappa shape index (κ1) is 11.5. The topological polar surface area (TPSA) is 12.0 Å². The Kier molecular flexibility index (Phi) is 3.54. The van der Waals surface area contributed by atoms with Crippen LogP contribution in [0.3, 0.4) is 0 Å². The molecule has 0 saturated carbocycles. The third-order valence-electron chi connectivity index (χ3n) is 3.29. The molecule has 2 rings (SSSR count). The van der Waals surface area contributed by atoms with Gasteiger partial charge in [-0.15, -0.1) is 0 Å². The summed E-state index contributed by atoms with van der Waals surface area (Å²) in [7, 11) is 0. The first-order valence-corrected chi connectivity index (χ1v) is 5.83. The molecule has 2 unspecified atom stereocenters. The maximum absolute atomic E-state index is 13.4. The molecule has 88 valence electrons. The van der Waals surface area contributed by atoms with Crippen LogP contribution in [-0.2, 0) is 6.42 Å². The molecule has 16 heavy (non-hydrogen) atoms. The van der Waals surface area contributed by atoms with Crippen molar-refractivity contribution < 1.29 is 8.78 Å².